The number of hydrogen-bond donors (Lipinski definition) is 1. The van der Waals surface area contributed by atoms with Crippen LogP contribution in [0.15, 0.2) is 36.4 Å². The fraction of sp³-hybridized carbons (Fsp3) is 0.593. The molecule has 2 aliphatic heterocycles. The van der Waals surface area contributed by atoms with E-state index in [4.69, 9.17) is 14.2 Å². The van der Waals surface area contributed by atoms with Gasteiger partial charge in [0, 0.05) is 18.7 Å². The summed E-state index contributed by atoms with van der Waals surface area (Å²) in [4.78, 5) is 14.9. The second-order valence-corrected chi connectivity index (χ2v) is 12.9. The van der Waals surface area contributed by atoms with Crippen LogP contribution in [0, 0.1) is 5.92 Å². The number of carbonyl (C=O) groups excluding carboxylic acids is 1. The van der Waals surface area contributed by atoms with E-state index < -0.39 is 27.6 Å². The summed E-state index contributed by atoms with van der Waals surface area (Å²) in [5.74, 6) is 0.235. The number of carbonyl (C=O) groups is 1. The van der Waals surface area contributed by atoms with E-state index in [0.717, 1.165) is 34.9 Å². The van der Waals surface area contributed by atoms with Crippen LogP contribution in [0.4, 0.5) is 0 Å². The van der Waals surface area contributed by atoms with Gasteiger partial charge in [0.15, 0.2) is 11.9 Å². The Kier molecular flexibility index (Phi) is 7.57. The van der Waals surface area contributed by atoms with Crippen molar-refractivity contribution in [3.05, 3.63) is 42.0 Å². The topological polar surface area (TPSA) is 77.1 Å². The first-order valence-corrected chi connectivity index (χ1v) is 13.5. The van der Waals surface area contributed by atoms with Crippen molar-refractivity contribution >= 4 is 27.7 Å². The highest BCUT2D eigenvalue weighted by Gasteiger charge is 2.41. The molecule has 0 aromatic heterocycles. The second-order valence-electron chi connectivity index (χ2n) is 10.9. The molecule has 2 saturated heterocycles. The maximum atomic E-state index is 13.2. The van der Waals surface area contributed by atoms with Gasteiger partial charge in [-0.3, -0.25) is 4.79 Å². The number of nitrogens with one attached hydrogen (secondary N) is 1. The van der Waals surface area contributed by atoms with Crippen LogP contribution in [0.5, 0.6) is 5.75 Å². The summed E-state index contributed by atoms with van der Waals surface area (Å²) in [5, 5.41) is 2.22. The van der Waals surface area contributed by atoms with Gasteiger partial charge in [0.2, 0.25) is 0 Å². The molecule has 0 aliphatic carbocycles. The minimum atomic E-state index is -1.26. The van der Waals surface area contributed by atoms with Gasteiger partial charge < -0.3 is 19.1 Å². The Morgan fingerprint density at radius 3 is 2.34 bits per heavy atom. The van der Waals surface area contributed by atoms with Gasteiger partial charge in [0.05, 0.1) is 35.5 Å². The molecule has 0 radical (unpaired) electrons. The first-order valence-electron chi connectivity index (χ1n) is 12.3. The molecule has 4 rings (SSSR count). The number of likely N-dealkylation sites (tertiary alicyclic amines) is 1. The Morgan fingerprint density at radius 1 is 1.17 bits per heavy atom. The molecule has 2 heterocycles. The van der Waals surface area contributed by atoms with Gasteiger partial charge in [0.1, 0.15) is 5.75 Å². The molecule has 2 aromatic carbocycles. The molecule has 35 heavy (non-hydrogen) atoms. The average molecular weight is 503 g/mol. The molecule has 8 heteroatoms. The summed E-state index contributed by atoms with van der Waals surface area (Å²) in [7, 11) is 0.414. The van der Waals surface area contributed by atoms with Crippen LogP contribution in [0.1, 0.15) is 59.1 Å². The van der Waals surface area contributed by atoms with E-state index in [-0.39, 0.29) is 24.5 Å². The van der Waals surface area contributed by atoms with Crippen molar-refractivity contribution in [3.63, 3.8) is 0 Å². The molecule has 7 nitrogen and oxygen atoms in total. The van der Waals surface area contributed by atoms with Crippen LogP contribution in [0.3, 0.4) is 0 Å². The van der Waals surface area contributed by atoms with Crippen LogP contribution in [-0.2, 0) is 25.3 Å². The molecule has 2 fully saturated rings. The molecule has 1 N–H and O–H groups in total. The van der Waals surface area contributed by atoms with E-state index in [2.05, 4.69) is 29.0 Å². The van der Waals surface area contributed by atoms with Crippen molar-refractivity contribution in [2.24, 2.45) is 5.92 Å². The zero-order valence-electron chi connectivity index (χ0n) is 21.6. The fourth-order valence-electron chi connectivity index (χ4n) is 4.83. The monoisotopic (exact) mass is 502 g/mol. The Morgan fingerprint density at radius 2 is 1.80 bits per heavy atom. The highest BCUT2D eigenvalue weighted by Crippen LogP contribution is 2.39. The first kappa shape index (κ1) is 26.1. The van der Waals surface area contributed by atoms with Crippen molar-refractivity contribution in [1.29, 1.82) is 0 Å². The van der Waals surface area contributed by atoms with Crippen LogP contribution in [0.2, 0.25) is 0 Å². The Bertz CT molecular complexity index is 1090. The molecule has 0 spiro atoms. The quantitative estimate of drug-likeness (QED) is 0.636. The second kappa shape index (κ2) is 10.2. The van der Waals surface area contributed by atoms with Crippen molar-refractivity contribution < 1.29 is 23.2 Å². The summed E-state index contributed by atoms with van der Waals surface area (Å²) in [6, 6.07) is 12.2. The zero-order valence-corrected chi connectivity index (χ0v) is 22.4. The van der Waals surface area contributed by atoms with E-state index in [1.165, 1.54) is 0 Å². The van der Waals surface area contributed by atoms with Crippen molar-refractivity contribution in [1.82, 2.24) is 9.62 Å². The van der Waals surface area contributed by atoms with Gasteiger partial charge in [-0.15, -0.1) is 0 Å². The molecule has 192 valence electrons. The molecule has 3 atom stereocenters. The zero-order chi connectivity index (χ0) is 25.4. The molecule has 0 unspecified atom stereocenters. The number of benzene rings is 2. The Balaban J connectivity index is 1.57. The number of piperidine rings is 1. The van der Waals surface area contributed by atoms with Crippen LogP contribution in [0.25, 0.3) is 10.8 Å². The largest absolute Gasteiger partial charge is 0.496 e. The SMILES string of the molecule is COc1cc2ccccc2cc1[C@H](N[S@](=O)C(C)(C)C)C1CCN(C(=O)[C@H]2COC(C)(C)O2)CC1. The van der Waals surface area contributed by atoms with Crippen molar-refractivity contribution in [3.8, 4) is 5.75 Å². The van der Waals surface area contributed by atoms with E-state index in [9.17, 15) is 9.00 Å². The Labute approximate surface area is 211 Å². The number of amides is 1. The third-order valence-corrected chi connectivity index (χ3v) is 8.41. The van der Waals surface area contributed by atoms with Crippen LogP contribution in [-0.4, -0.2) is 58.5 Å². The summed E-state index contributed by atoms with van der Waals surface area (Å²) < 4.78 is 33.4. The minimum Gasteiger partial charge on any atom is -0.496 e. The first-order chi connectivity index (χ1) is 16.5. The summed E-state index contributed by atoms with van der Waals surface area (Å²) in [6.45, 7) is 11.1. The van der Waals surface area contributed by atoms with E-state index >= 15 is 0 Å². The molecular formula is C27H38N2O5S. The van der Waals surface area contributed by atoms with Gasteiger partial charge in [-0.25, -0.2) is 8.93 Å². The molecule has 2 aliphatic rings. The van der Waals surface area contributed by atoms with E-state index in [1.807, 2.05) is 51.7 Å². The summed E-state index contributed by atoms with van der Waals surface area (Å²) >= 11 is 0. The van der Waals surface area contributed by atoms with Gasteiger partial charge in [0.25, 0.3) is 5.91 Å². The number of methoxy groups -OCH3 is 1. The highest BCUT2D eigenvalue weighted by molar-refractivity contribution is 7.84. The molecular weight excluding hydrogens is 464 g/mol. The molecule has 0 saturated carbocycles. The van der Waals surface area contributed by atoms with Crippen molar-refractivity contribution in [2.45, 2.75) is 70.1 Å². The predicted octanol–water partition coefficient (Wildman–Crippen LogP) is 4.33. The normalized spacial score (nSPS) is 22.8. The maximum Gasteiger partial charge on any atom is 0.254 e. The lowest BCUT2D eigenvalue weighted by atomic mass is 9.84. The average Bonchev–Trinajstić information content (AvgIpc) is 3.20. The van der Waals surface area contributed by atoms with Gasteiger partial charge in [-0.1, -0.05) is 24.3 Å². The number of nitrogens with zero attached hydrogens (tertiary/aromatic N) is 1. The number of fused-ring (bicyclic) bond motifs is 1. The van der Waals surface area contributed by atoms with E-state index in [1.54, 1.807) is 7.11 Å². The third kappa shape index (κ3) is 5.88. The molecule has 2 aromatic rings. The summed E-state index contributed by atoms with van der Waals surface area (Å²) in [5.41, 5.74) is 1.00. The lowest BCUT2D eigenvalue weighted by molar-refractivity contribution is -0.161. The fourth-order valence-corrected chi connectivity index (χ4v) is 5.73. The van der Waals surface area contributed by atoms with E-state index in [0.29, 0.717) is 13.1 Å². The smallest absolute Gasteiger partial charge is 0.254 e. The summed E-state index contributed by atoms with van der Waals surface area (Å²) in [6.07, 6.45) is 1.03. The standard InChI is InChI=1S/C27H38N2O5S/c1-26(2,3)35(31)28-24(21-15-19-9-7-8-10-20(19)16-22(21)32-6)18-11-13-29(14-12-18)25(30)23-17-33-27(4,5)34-23/h7-10,15-16,18,23-24,28H,11-14,17H2,1-6H3/t23-,24-,35-/m1/s1. The Hall–Kier alpha value is -2.00. The lowest BCUT2D eigenvalue weighted by Gasteiger charge is -2.38. The molecule has 1 amide bonds. The highest BCUT2D eigenvalue weighted by atomic mass is 32.2. The van der Waals surface area contributed by atoms with Crippen molar-refractivity contribution in [2.75, 3.05) is 26.8 Å². The number of hydrogen-bond acceptors (Lipinski definition) is 5. The number of rotatable bonds is 6. The van der Waals surface area contributed by atoms with Gasteiger partial charge in [-0.05, 0) is 76.3 Å². The maximum absolute atomic E-state index is 13.2. The predicted molar refractivity (Wildman–Crippen MR) is 138 cm³/mol. The van der Waals surface area contributed by atoms with Gasteiger partial charge >= 0.3 is 0 Å². The number of ether oxygens (including phenoxy) is 3. The minimum absolute atomic E-state index is 0.0138. The van der Waals surface area contributed by atoms with Crippen LogP contribution >= 0.6 is 0 Å². The lowest BCUT2D eigenvalue weighted by Crippen LogP contribution is -2.47. The van der Waals surface area contributed by atoms with Crippen LogP contribution < -0.4 is 9.46 Å². The van der Waals surface area contributed by atoms with Gasteiger partial charge in [-0.2, -0.15) is 0 Å². The molecule has 0 bridgehead atoms. The third-order valence-electron chi connectivity index (χ3n) is 6.83.